The number of hydrogen-bond donors (Lipinski definition) is 1. The molecule has 7 rings (SSSR count). The fourth-order valence-electron chi connectivity index (χ4n) is 5.87. The lowest BCUT2D eigenvalue weighted by molar-refractivity contribution is 0.0906. The average molecular weight is 546 g/mol. The Balaban J connectivity index is 1.24. The van der Waals surface area contributed by atoms with Crippen molar-refractivity contribution in [2.45, 2.75) is 31.5 Å². The van der Waals surface area contributed by atoms with Gasteiger partial charge in [-0.2, -0.15) is 0 Å². The number of ether oxygens (including phenoxy) is 4. The molecule has 208 valence electrons. The first-order chi connectivity index (χ1) is 19.7. The van der Waals surface area contributed by atoms with Gasteiger partial charge in [0.25, 0.3) is 5.56 Å². The van der Waals surface area contributed by atoms with E-state index in [1.54, 1.807) is 11.8 Å². The monoisotopic (exact) mass is 545 g/mol. The molecule has 2 unspecified atom stereocenters. The maximum atomic E-state index is 13.6. The Bertz CT molecular complexity index is 1560. The fraction of sp³-hybridized carbons (Fsp3) is 0.429. The van der Waals surface area contributed by atoms with Crippen LogP contribution < -0.4 is 24.7 Å². The molecule has 0 aliphatic carbocycles. The third-order valence-electron chi connectivity index (χ3n) is 7.98. The molecule has 0 saturated carbocycles. The number of piperazine rings is 1. The van der Waals surface area contributed by atoms with Gasteiger partial charge in [-0.15, -0.1) is 5.10 Å². The van der Waals surface area contributed by atoms with E-state index in [1.807, 2.05) is 30.3 Å². The summed E-state index contributed by atoms with van der Waals surface area (Å²) in [5.74, 6) is 2.76. The Morgan fingerprint density at radius 2 is 1.88 bits per heavy atom. The van der Waals surface area contributed by atoms with Crippen LogP contribution in [-0.2, 0) is 11.3 Å². The SMILES string of the molecule is COc1ccc(N2CCN(C(c3cc4cc5c(cc4[nH]c3=O)OCO5)c3nnnn3CC3CCCO3)CC2)cc1. The van der Waals surface area contributed by atoms with E-state index in [2.05, 4.69) is 42.4 Å². The summed E-state index contributed by atoms with van der Waals surface area (Å²) in [5.41, 5.74) is 2.24. The molecular formula is C28H31N7O5. The Labute approximate surface area is 230 Å². The molecule has 2 saturated heterocycles. The third kappa shape index (κ3) is 4.62. The number of pyridine rings is 1. The lowest BCUT2D eigenvalue weighted by Crippen LogP contribution is -2.49. The number of anilines is 1. The van der Waals surface area contributed by atoms with Gasteiger partial charge in [-0.3, -0.25) is 9.69 Å². The first kappa shape index (κ1) is 24.9. The minimum absolute atomic E-state index is 0.0597. The Kier molecular flexibility index (Phi) is 6.48. The highest BCUT2D eigenvalue weighted by molar-refractivity contribution is 5.83. The van der Waals surface area contributed by atoms with Crippen LogP contribution in [0.1, 0.15) is 30.3 Å². The summed E-state index contributed by atoms with van der Waals surface area (Å²) in [4.78, 5) is 21.3. The van der Waals surface area contributed by atoms with Crippen LogP contribution in [0.25, 0.3) is 10.9 Å². The van der Waals surface area contributed by atoms with Crippen molar-refractivity contribution in [2.75, 3.05) is 51.6 Å². The molecule has 1 N–H and O–H groups in total. The number of fused-ring (bicyclic) bond motifs is 2. The van der Waals surface area contributed by atoms with Gasteiger partial charge in [0.05, 0.1) is 25.3 Å². The minimum Gasteiger partial charge on any atom is -0.497 e. The summed E-state index contributed by atoms with van der Waals surface area (Å²) >= 11 is 0. The van der Waals surface area contributed by atoms with E-state index in [9.17, 15) is 4.79 Å². The number of nitrogens with zero attached hydrogens (tertiary/aromatic N) is 6. The maximum absolute atomic E-state index is 13.6. The molecule has 3 aliphatic rings. The first-order valence-corrected chi connectivity index (χ1v) is 13.6. The van der Waals surface area contributed by atoms with Crippen molar-refractivity contribution in [1.29, 1.82) is 0 Å². The van der Waals surface area contributed by atoms with Crippen LogP contribution in [-0.4, -0.2) is 82.9 Å². The smallest absolute Gasteiger partial charge is 0.253 e. The van der Waals surface area contributed by atoms with Crippen molar-refractivity contribution in [3.05, 3.63) is 64.2 Å². The molecule has 0 bridgehead atoms. The van der Waals surface area contributed by atoms with Gasteiger partial charge < -0.3 is 28.8 Å². The number of H-pyrrole nitrogens is 1. The van der Waals surface area contributed by atoms with Crippen LogP contribution in [0.4, 0.5) is 5.69 Å². The van der Waals surface area contributed by atoms with Gasteiger partial charge in [0, 0.05) is 55.5 Å². The van der Waals surface area contributed by atoms with Crippen LogP contribution in [0.3, 0.4) is 0 Å². The third-order valence-corrected chi connectivity index (χ3v) is 7.98. The van der Waals surface area contributed by atoms with Crippen molar-refractivity contribution in [3.63, 3.8) is 0 Å². The maximum Gasteiger partial charge on any atom is 0.253 e. The second kappa shape index (κ2) is 10.4. The van der Waals surface area contributed by atoms with Gasteiger partial charge in [0.2, 0.25) is 6.79 Å². The van der Waals surface area contributed by atoms with Gasteiger partial charge in [-0.25, -0.2) is 4.68 Å². The van der Waals surface area contributed by atoms with Crippen LogP contribution >= 0.6 is 0 Å². The highest BCUT2D eigenvalue weighted by atomic mass is 16.7. The molecule has 2 aromatic heterocycles. The number of aromatic nitrogens is 5. The average Bonchev–Trinajstić information content (AvgIpc) is 3.76. The van der Waals surface area contributed by atoms with Crippen molar-refractivity contribution in [1.82, 2.24) is 30.1 Å². The van der Waals surface area contributed by atoms with E-state index in [4.69, 9.17) is 18.9 Å². The highest BCUT2D eigenvalue weighted by Crippen LogP contribution is 2.36. The van der Waals surface area contributed by atoms with Gasteiger partial charge in [0.15, 0.2) is 17.3 Å². The number of rotatable bonds is 7. The topological polar surface area (TPSA) is 120 Å². The van der Waals surface area contributed by atoms with Crippen molar-refractivity contribution in [2.24, 2.45) is 0 Å². The summed E-state index contributed by atoms with van der Waals surface area (Å²) in [6, 6.07) is 13.3. The number of methoxy groups -OCH3 is 1. The van der Waals surface area contributed by atoms with Crippen LogP contribution in [0.2, 0.25) is 0 Å². The van der Waals surface area contributed by atoms with E-state index in [0.717, 1.165) is 62.5 Å². The van der Waals surface area contributed by atoms with E-state index < -0.39 is 6.04 Å². The van der Waals surface area contributed by atoms with E-state index in [1.165, 1.54) is 0 Å². The van der Waals surface area contributed by atoms with Crippen molar-refractivity contribution < 1.29 is 18.9 Å². The van der Waals surface area contributed by atoms with Crippen LogP contribution in [0.15, 0.2) is 47.3 Å². The zero-order chi connectivity index (χ0) is 27.1. The summed E-state index contributed by atoms with van der Waals surface area (Å²) in [6.45, 7) is 4.50. The Hall–Kier alpha value is -4.16. The summed E-state index contributed by atoms with van der Waals surface area (Å²) < 4.78 is 24.1. The van der Waals surface area contributed by atoms with E-state index in [0.29, 0.717) is 34.9 Å². The second-order valence-electron chi connectivity index (χ2n) is 10.3. The van der Waals surface area contributed by atoms with Crippen LogP contribution in [0.5, 0.6) is 17.2 Å². The molecular weight excluding hydrogens is 514 g/mol. The second-order valence-corrected chi connectivity index (χ2v) is 10.3. The standard InChI is InChI=1S/C28H31N7O5/c1-37-20-6-4-19(5-7-20)33-8-10-34(11-9-33)26(27-30-31-32-35(27)16-21-3-2-12-38-21)22-13-18-14-24-25(40-17-39-24)15-23(18)29-28(22)36/h4-7,13-15,21,26H,2-3,8-12,16-17H2,1H3,(H,29,36). The Morgan fingerprint density at radius 1 is 1.07 bits per heavy atom. The molecule has 3 aliphatic heterocycles. The summed E-state index contributed by atoms with van der Waals surface area (Å²) in [6.07, 6.45) is 2.05. The lowest BCUT2D eigenvalue weighted by Gasteiger charge is -2.39. The fourth-order valence-corrected chi connectivity index (χ4v) is 5.87. The molecule has 0 amide bonds. The number of benzene rings is 2. The first-order valence-electron chi connectivity index (χ1n) is 13.6. The molecule has 40 heavy (non-hydrogen) atoms. The zero-order valence-electron chi connectivity index (χ0n) is 22.3. The molecule has 2 fully saturated rings. The molecule has 0 spiro atoms. The molecule has 5 heterocycles. The normalized spacial score (nSPS) is 19.8. The number of nitrogens with one attached hydrogen (secondary N) is 1. The molecule has 2 atom stereocenters. The molecule has 4 aromatic rings. The molecule has 12 nitrogen and oxygen atoms in total. The van der Waals surface area contributed by atoms with Gasteiger partial charge in [-0.05, 0) is 59.7 Å². The number of aromatic amines is 1. The predicted molar refractivity (Wildman–Crippen MR) is 146 cm³/mol. The quantitative estimate of drug-likeness (QED) is 0.371. The molecule has 0 radical (unpaired) electrons. The minimum atomic E-state index is -0.437. The summed E-state index contributed by atoms with van der Waals surface area (Å²) in [5, 5.41) is 13.7. The molecule has 2 aromatic carbocycles. The van der Waals surface area contributed by atoms with Gasteiger partial charge >= 0.3 is 0 Å². The van der Waals surface area contributed by atoms with Crippen molar-refractivity contribution in [3.8, 4) is 17.2 Å². The zero-order valence-corrected chi connectivity index (χ0v) is 22.3. The van der Waals surface area contributed by atoms with Crippen LogP contribution in [0, 0.1) is 0 Å². The van der Waals surface area contributed by atoms with Crippen molar-refractivity contribution >= 4 is 16.6 Å². The molecule has 12 heteroatoms. The van der Waals surface area contributed by atoms with E-state index in [-0.39, 0.29) is 18.5 Å². The summed E-state index contributed by atoms with van der Waals surface area (Å²) in [7, 11) is 1.67. The lowest BCUT2D eigenvalue weighted by atomic mass is 10.0. The van der Waals surface area contributed by atoms with E-state index >= 15 is 0 Å². The van der Waals surface area contributed by atoms with Gasteiger partial charge in [-0.1, -0.05) is 0 Å². The highest BCUT2D eigenvalue weighted by Gasteiger charge is 2.34. The predicted octanol–water partition coefficient (Wildman–Crippen LogP) is 2.34. The van der Waals surface area contributed by atoms with Gasteiger partial charge in [0.1, 0.15) is 11.8 Å². The Morgan fingerprint density at radius 3 is 2.62 bits per heavy atom. The number of tetrazole rings is 1. The number of hydrogen-bond acceptors (Lipinski definition) is 10. The largest absolute Gasteiger partial charge is 0.497 e.